The van der Waals surface area contributed by atoms with Gasteiger partial charge in [0.25, 0.3) is 0 Å². The molecule has 0 spiro atoms. The topological polar surface area (TPSA) is 113 Å². The lowest BCUT2D eigenvalue weighted by molar-refractivity contribution is 0.239. The molecule has 0 aliphatic carbocycles. The number of nitrogen functional groups attached to an aromatic ring is 1. The highest BCUT2D eigenvalue weighted by molar-refractivity contribution is 5.90. The second kappa shape index (κ2) is 7.34. The molecule has 0 fully saturated rings. The Balaban J connectivity index is 1.26. The van der Waals surface area contributed by atoms with Crippen LogP contribution in [0.25, 0.3) is 28.3 Å². The lowest BCUT2D eigenvalue weighted by Gasteiger charge is -2.29. The van der Waals surface area contributed by atoms with Crippen LogP contribution in [-0.2, 0) is 19.5 Å². The van der Waals surface area contributed by atoms with Crippen molar-refractivity contribution in [1.82, 2.24) is 34.3 Å². The summed E-state index contributed by atoms with van der Waals surface area (Å²) in [5.41, 5.74) is 10.1. The highest BCUT2D eigenvalue weighted by Crippen LogP contribution is 2.28. The van der Waals surface area contributed by atoms with E-state index < -0.39 is 0 Å². The molecule has 32 heavy (non-hydrogen) atoms. The van der Waals surface area contributed by atoms with E-state index in [0.29, 0.717) is 29.4 Å². The summed E-state index contributed by atoms with van der Waals surface area (Å²) in [5, 5.41) is 9.80. The molecule has 10 nitrogen and oxygen atoms in total. The zero-order chi connectivity index (χ0) is 21.7. The second-order valence-electron chi connectivity index (χ2n) is 7.85. The zero-order valence-electron chi connectivity index (χ0n) is 17.6. The van der Waals surface area contributed by atoms with E-state index in [9.17, 15) is 0 Å². The Morgan fingerprint density at radius 2 is 2.06 bits per heavy atom. The minimum absolute atomic E-state index is 0.263. The molecule has 162 valence electrons. The van der Waals surface area contributed by atoms with Crippen molar-refractivity contribution in [2.45, 2.75) is 19.5 Å². The number of fused-ring (bicyclic) bond motifs is 4. The maximum Gasteiger partial charge on any atom is 0.225 e. The molecule has 0 saturated heterocycles. The van der Waals surface area contributed by atoms with Crippen molar-refractivity contribution in [2.24, 2.45) is 0 Å². The summed E-state index contributed by atoms with van der Waals surface area (Å²) in [6.07, 6.45) is 4.33. The third-order valence-corrected chi connectivity index (χ3v) is 5.99. The van der Waals surface area contributed by atoms with E-state index in [2.05, 4.69) is 37.2 Å². The van der Waals surface area contributed by atoms with Crippen LogP contribution in [0.2, 0.25) is 0 Å². The molecule has 0 amide bonds. The number of rotatable bonds is 5. The summed E-state index contributed by atoms with van der Waals surface area (Å²) in [6, 6.07) is 9.86. The Morgan fingerprint density at radius 3 is 2.91 bits per heavy atom. The van der Waals surface area contributed by atoms with Gasteiger partial charge in [0.05, 0.1) is 31.5 Å². The van der Waals surface area contributed by atoms with Gasteiger partial charge in [-0.05, 0) is 35.7 Å². The average Bonchev–Trinajstić information content (AvgIpc) is 3.56. The molecule has 10 heteroatoms. The van der Waals surface area contributed by atoms with Crippen molar-refractivity contribution in [3.63, 3.8) is 0 Å². The van der Waals surface area contributed by atoms with Gasteiger partial charge in [0.15, 0.2) is 17.1 Å². The quantitative estimate of drug-likeness (QED) is 0.452. The van der Waals surface area contributed by atoms with Crippen LogP contribution in [0.1, 0.15) is 11.1 Å². The summed E-state index contributed by atoms with van der Waals surface area (Å²) >= 11 is 0. The molecule has 0 radical (unpaired) electrons. The zero-order valence-corrected chi connectivity index (χ0v) is 17.6. The predicted octanol–water partition coefficient (Wildman–Crippen LogP) is 2.38. The fourth-order valence-electron chi connectivity index (χ4n) is 4.38. The molecule has 0 atom stereocenters. The smallest absolute Gasteiger partial charge is 0.225 e. The first-order chi connectivity index (χ1) is 15.7. The molecule has 6 rings (SSSR count). The molecule has 1 aliphatic heterocycles. The molecule has 0 bridgehead atoms. The van der Waals surface area contributed by atoms with E-state index in [1.165, 1.54) is 15.6 Å². The number of anilines is 1. The first-order valence-electron chi connectivity index (χ1n) is 10.5. The first kappa shape index (κ1) is 18.8. The maximum atomic E-state index is 6.19. The summed E-state index contributed by atoms with van der Waals surface area (Å²) < 4.78 is 14.3. The summed E-state index contributed by atoms with van der Waals surface area (Å²) in [4.78, 5) is 11.6. The van der Waals surface area contributed by atoms with Crippen LogP contribution in [0.5, 0.6) is 5.75 Å². The van der Waals surface area contributed by atoms with Gasteiger partial charge in [-0.3, -0.25) is 4.90 Å². The van der Waals surface area contributed by atoms with Gasteiger partial charge in [0, 0.05) is 19.6 Å². The van der Waals surface area contributed by atoms with Crippen LogP contribution in [0.4, 0.5) is 5.95 Å². The van der Waals surface area contributed by atoms with Gasteiger partial charge in [-0.15, -0.1) is 5.10 Å². The molecule has 5 aromatic rings. The van der Waals surface area contributed by atoms with Crippen molar-refractivity contribution in [3.05, 3.63) is 53.9 Å². The molecule has 1 aliphatic rings. The Hall–Kier alpha value is -3.92. The van der Waals surface area contributed by atoms with Gasteiger partial charge in [-0.1, -0.05) is 12.1 Å². The minimum Gasteiger partial charge on any atom is -0.496 e. The van der Waals surface area contributed by atoms with Crippen molar-refractivity contribution in [2.75, 3.05) is 25.9 Å². The fourth-order valence-corrected chi connectivity index (χ4v) is 4.38. The van der Waals surface area contributed by atoms with Crippen molar-refractivity contribution in [1.29, 1.82) is 0 Å². The molecule has 5 heterocycles. The summed E-state index contributed by atoms with van der Waals surface area (Å²) in [7, 11) is 1.73. The lowest BCUT2D eigenvalue weighted by Crippen LogP contribution is -2.33. The predicted molar refractivity (Wildman–Crippen MR) is 118 cm³/mol. The van der Waals surface area contributed by atoms with Gasteiger partial charge >= 0.3 is 0 Å². The number of hydrogen-bond acceptors (Lipinski definition) is 8. The summed E-state index contributed by atoms with van der Waals surface area (Å²) in [5.74, 6) is 2.28. The molecular formula is C22H22N8O2. The Morgan fingerprint density at radius 1 is 1.12 bits per heavy atom. The third kappa shape index (κ3) is 2.99. The van der Waals surface area contributed by atoms with E-state index >= 15 is 0 Å². The number of aromatic nitrogens is 6. The maximum absolute atomic E-state index is 6.19. The van der Waals surface area contributed by atoms with Crippen molar-refractivity contribution < 1.29 is 9.15 Å². The fraction of sp³-hybridized carbons (Fsp3) is 0.273. The number of furan rings is 1. The SMILES string of the molecule is COc1cccc2c1CCN(CCn1ncc3c1nc(N)n1nc(-c4ccco4)nc31)C2. The monoisotopic (exact) mass is 430 g/mol. The average molecular weight is 430 g/mol. The van der Waals surface area contributed by atoms with E-state index in [1.54, 1.807) is 25.6 Å². The highest BCUT2D eigenvalue weighted by atomic mass is 16.5. The van der Waals surface area contributed by atoms with Gasteiger partial charge in [-0.25, -0.2) is 9.67 Å². The minimum atomic E-state index is 0.263. The van der Waals surface area contributed by atoms with Gasteiger partial charge in [0.2, 0.25) is 11.8 Å². The van der Waals surface area contributed by atoms with E-state index in [1.807, 2.05) is 16.8 Å². The van der Waals surface area contributed by atoms with Crippen LogP contribution in [0.15, 0.2) is 47.2 Å². The van der Waals surface area contributed by atoms with E-state index in [4.69, 9.17) is 14.9 Å². The molecule has 2 N–H and O–H groups in total. The normalized spacial score (nSPS) is 14.3. The number of nitrogens with zero attached hydrogens (tertiary/aromatic N) is 7. The Bertz CT molecular complexity index is 1420. The lowest BCUT2D eigenvalue weighted by atomic mass is 9.99. The molecular weight excluding hydrogens is 408 g/mol. The largest absolute Gasteiger partial charge is 0.496 e. The number of ether oxygens (including phenoxy) is 1. The van der Waals surface area contributed by atoms with Gasteiger partial charge in [-0.2, -0.15) is 14.6 Å². The molecule has 0 unspecified atom stereocenters. The van der Waals surface area contributed by atoms with Crippen molar-refractivity contribution in [3.8, 4) is 17.3 Å². The second-order valence-corrected chi connectivity index (χ2v) is 7.85. The van der Waals surface area contributed by atoms with E-state index in [0.717, 1.165) is 37.2 Å². The number of nitrogens with two attached hydrogens (primary N) is 1. The van der Waals surface area contributed by atoms with Gasteiger partial charge < -0.3 is 14.9 Å². The van der Waals surface area contributed by atoms with E-state index in [-0.39, 0.29) is 5.95 Å². The highest BCUT2D eigenvalue weighted by Gasteiger charge is 2.21. The van der Waals surface area contributed by atoms with Crippen molar-refractivity contribution >= 4 is 22.6 Å². The molecule has 1 aromatic carbocycles. The molecule has 4 aromatic heterocycles. The standard InChI is InChI=1S/C22H22N8O2/c1-31-17-5-2-4-14-13-28(8-7-15(14)17)9-10-29-20-16(12-24-29)21-25-19(18-6-3-11-32-18)27-30(21)22(23)26-20/h2-6,11-12H,7-10,13H2,1H3,(H2,23,26). The number of benzene rings is 1. The van der Waals surface area contributed by atoms with Crippen LogP contribution in [0, 0.1) is 0 Å². The third-order valence-electron chi connectivity index (χ3n) is 5.99. The van der Waals surface area contributed by atoms with Crippen LogP contribution >= 0.6 is 0 Å². The summed E-state index contributed by atoms with van der Waals surface area (Å²) in [6.45, 7) is 3.42. The number of methoxy groups -OCH3 is 1. The van der Waals surface area contributed by atoms with Gasteiger partial charge in [0.1, 0.15) is 5.75 Å². The van der Waals surface area contributed by atoms with Crippen LogP contribution in [-0.4, -0.2) is 54.5 Å². The van der Waals surface area contributed by atoms with Crippen LogP contribution in [0.3, 0.4) is 0 Å². The number of hydrogen-bond donors (Lipinski definition) is 1. The Kier molecular flexibility index (Phi) is 4.32. The Labute approximate surface area is 183 Å². The van der Waals surface area contributed by atoms with Crippen LogP contribution < -0.4 is 10.5 Å². The molecule has 0 saturated carbocycles. The first-order valence-corrected chi connectivity index (χ1v) is 10.5.